The molecular formula is C23H27N3O3S. The van der Waals surface area contributed by atoms with Gasteiger partial charge in [0, 0.05) is 18.7 Å². The zero-order chi connectivity index (χ0) is 21.7. The lowest BCUT2D eigenvalue weighted by Crippen LogP contribution is -2.22. The van der Waals surface area contributed by atoms with E-state index >= 15 is 0 Å². The fourth-order valence-electron chi connectivity index (χ4n) is 3.09. The largest absolute Gasteiger partial charge is 0.493 e. The Morgan fingerprint density at radius 3 is 2.33 bits per heavy atom. The summed E-state index contributed by atoms with van der Waals surface area (Å²) in [6, 6.07) is 13.9. The maximum Gasteiger partial charge on any atom is 0.263 e. The molecule has 30 heavy (non-hydrogen) atoms. The van der Waals surface area contributed by atoms with E-state index in [-0.39, 0.29) is 5.91 Å². The minimum Gasteiger partial charge on any atom is -0.493 e. The van der Waals surface area contributed by atoms with Gasteiger partial charge in [0.2, 0.25) is 0 Å². The molecule has 0 radical (unpaired) electrons. The summed E-state index contributed by atoms with van der Waals surface area (Å²) in [6.45, 7) is 3.22. The molecule has 0 aliphatic carbocycles. The van der Waals surface area contributed by atoms with Crippen LogP contribution in [0.25, 0.3) is 10.6 Å². The third-order valence-electron chi connectivity index (χ3n) is 4.61. The Balaban J connectivity index is 1.69. The normalized spacial score (nSPS) is 10.9. The first-order valence-electron chi connectivity index (χ1n) is 9.62. The van der Waals surface area contributed by atoms with Crippen molar-refractivity contribution in [1.82, 2.24) is 15.2 Å². The van der Waals surface area contributed by atoms with Gasteiger partial charge in [-0.15, -0.1) is 11.3 Å². The number of thiazole rings is 1. The standard InChI is InChI=1S/C23H27N3O3S/c1-15-21(22(27)24-13-16-6-8-17(9-7-16)14-26(2)3)30-23(25-15)18-10-11-19(28-4)20(12-18)29-5/h6-12H,13-14H2,1-5H3,(H,24,27). The van der Waals surface area contributed by atoms with Crippen LogP contribution in [-0.4, -0.2) is 44.1 Å². The SMILES string of the molecule is COc1ccc(-c2nc(C)c(C(=O)NCc3ccc(CN(C)C)cc3)s2)cc1OC. The van der Waals surface area contributed by atoms with Gasteiger partial charge in [-0.25, -0.2) is 4.98 Å². The van der Waals surface area contributed by atoms with Crippen molar-refractivity contribution in [1.29, 1.82) is 0 Å². The van der Waals surface area contributed by atoms with Crippen LogP contribution in [0.5, 0.6) is 11.5 Å². The van der Waals surface area contributed by atoms with E-state index in [1.807, 2.05) is 51.4 Å². The van der Waals surface area contributed by atoms with Gasteiger partial charge in [-0.05, 0) is 50.3 Å². The van der Waals surface area contributed by atoms with Gasteiger partial charge in [-0.1, -0.05) is 24.3 Å². The van der Waals surface area contributed by atoms with E-state index in [4.69, 9.17) is 9.47 Å². The van der Waals surface area contributed by atoms with Gasteiger partial charge in [0.05, 0.1) is 19.9 Å². The zero-order valence-corrected chi connectivity index (χ0v) is 18.8. The molecule has 0 fully saturated rings. The smallest absolute Gasteiger partial charge is 0.263 e. The molecule has 0 unspecified atom stereocenters. The molecule has 3 rings (SSSR count). The molecule has 0 aliphatic rings. The molecule has 6 nitrogen and oxygen atoms in total. The maximum atomic E-state index is 12.7. The van der Waals surface area contributed by atoms with Crippen molar-refractivity contribution in [2.45, 2.75) is 20.0 Å². The second-order valence-corrected chi connectivity index (χ2v) is 8.24. The summed E-state index contributed by atoms with van der Waals surface area (Å²) in [5, 5.41) is 3.77. The van der Waals surface area contributed by atoms with E-state index < -0.39 is 0 Å². The zero-order valence-electron chi connectivity index (χ0n) is 18.0. The maximum absolute atomic E-state index is 12.7. The van der Waals surface area contributed by atoms with E-state index in [0.717, 1.165) is 22.7 Å². The summed E-state index contributed by atoms with van der Waals surface area (Å²) >= 11 is 1.37. The summed E-state index contributed by atoms with van der Waals surface area (Å²) in [4.78, 5) is 20.1. The second kappa shape index (κ2) is 9.73. The number of ether oxygens (including phenoxy) is 2. The van der Waals surface area contributed by atoms with Crippen LogP contribution in [0.3, 0.4) is 0 Å². The van der Waals surface area contributed by atoms with Crippen LogP contribution < -0.4 is 14.8 Å². The molecule has 0 atom stereocenters. The van der Waals surface area contributed by atoms with Crippen molar-refractivity contribution >= 4 is 17.2 Å². The predicted molar refractivity (Wildman–Crippen MR) is 120 cm³/mol. The molecule has 2 aromatic carbocycles. The quantitative estimate of drug-likeness (QED) is 0.588. The number of nitrogens with zero attached hydrogens (tertiary/aromatic N) is 2. The lowest BCUT2D eigenvalue weighted by atomic mass is 10.1. The lowest BCUT2D eigenvalue weighted by molar-refractivity contribution is 0.0954. The van der Waals surface area contributed by atoms with Gasteiger partial charge in [0.15, 0.2) is 11.5 Å². The molecule has 0 aliphatic heterocycles. The number of nitrogens with one attached hydrogen (secondary N) is 1. The van der Waals surface area contributed by atoms with Crippen LogP contribution in [0.2, 0.25) is 0 Å². The number of amides is 1. The van der Waals surface area contributed by atoms with Crippen molar-refractivity contribution in [3.8, 4) is 22.1 Å². The van der Waals surface area contributed by atoms with Crippen LogP contribution in [0, 0.1) is 6.92 Å². The van der Waals surface area contributed by atoms with Crippen molar-refractivity contribution in [3.63, 3.8) is 0 Å². The Morgan fingerprint density at radius 1 is 1.03 bits per heavy atom. The number of carbonyl (C=O) groups excluding carboxylic acids is 1. The molecule has 0 spiro atoms. The average molecular weight is 426 g/mol. The molecule has 0 bridgehead atoms. The lowest BCUT2D eigenvalue weighted by Gasteiger charge is -2.10. The third kappa shape index (κ3) is 5.17. The summed E-state index contributed by atoms with van der Waals surface area (Å²) < 4.78 is 10.7. The molecule has 1 heterocycles. The molecule has 1 N–H and O–H groups in total. The number of methoxy groups -OCH3 is 2. The fourth-order valence-corrected chi connectivity index (χ4v) is 4.07. The Labute approximate surface area is 181 Å². The number of carbonyl (C=O) groups is 1. The number of benzene rings is 2. The highest BCUT2D eigenvalue weighted by Gasteiger charge is 2.17. The molecular weight excluding hydrogens is 398 g/mol. The highest BCUT2D eigenvalue weighted by molar-refractivity contribution is 7.17. The van der Waals surface area contributed by atoms with Crippen molar-refractivity contribution in [2.75, 3.05) is 28.3 Å². The van der Waals surface area contributed by atoms with E-state index in [0.29, 0.717) is 28.6 Å². The van der Waals surface area contributed by atoms with E-state index in [2.05, 4.69) is 27.3 Å². The first-order valence-corrected chi connectivity index (χ1v) is 10.4. The highest BCUT2D eigenvalue weighted by Crippen LogP contribution is 2.35. The van der Waals surface area contributed by atoms with Gasteiger partial charge >= 0.3 is 0 Å². The van der Waals surface area contributed by atoms with E-state index in [1.54, 1.807) is 14.2 Å². The van der Waals surface area contributed by atoms with Gasteiger partial charge in [-0.2, -0.15) is 0 Å². The van der Waals surface area contributed by atoms with Gasteiger partial charge < -0.3 is 19.7 Å². The Morgan fingerprint density at radius 2 is 1.70 bits per heavy atom. The van der Waals surface area contributed by atoms with Crippen molar-refractivity contribution < 1.29 is 14.3 Å². The van der Waals surface area contributed by atoms with Crippen molar-refractivity contribution in [2.24, 2.45) is 0 Å². The Hall–Kier alpha value is -2.90. The molecule has 1 aromatic heterocycles. The topological polar surface area (TPSA) is 63.7 Å². The molecule has 158 valence electrons. The van der Waals surface area contributed by atoms with Crippen molar-refractivity contribution in [3.05, 3.63) is 64.2 Å². The number of hydrogen-bond donors (Lipinski definition) is 1. The molecule has 0 saturated heterocycles. The molecule has 1 amide bonds. The Kier molecular flexibility index (Phi) is 7.07. The summed E-state index contributed by atoms with van der Waals surface area (Å²) in [5.74, 6) is 1.17. The first kappa shape index (κ1) is 21.8. The van der Waals surface area contributed by atoms with Gasteiger partial charge in [0.1, 0.15) is 9.88 Å². The van der Waals surface area contributed by atoms with Crippen LogP contribution in [-0.2, 0) is 13.1 Å². The van der Waals surface area contributed by atoms with E-state index in [9.17, 15) is 4.79 Å². The van der Waals surface area contributed by atoms with Crippen LogP contribution >= 0.6 is 11.3 Å². The van der Waals surface area contributed by atoms with Crippen LogP contribution in [0.1, 0.15) is 26.5 Å². The van der Waals surface area contributed by atoms with Gasteiger partial charge in [-0.3, -0.25) is 4.79 Å². The fraction of sp³-hybridized carbons (Fsp3) is 0.304. The number of aromatic nitrogens is 1. The van der Waals surface area contributed by atoms with Gasteiger partial charge in [0.25, 0.3) is 5.91 Å². The van der Waals surface area contributed by atoms with Crippen LogP contribution in [0.15, 0.2) is 42.5 Å². The number of hydrogen-bond acceptors (Lipinski definition) is 6. The third-order valence-corrected chi connectivity index (χ3v) is 5.81. The molecule has 0 saturated carbocycles. The Bertz CT molecular complexity index is 1010. The number of rotatable bonds is 8. The minimum absolute atomic E-state index is 0.117. The van der Waals surface area contributed by atoms with Crippen LogP contribution in [0.4, 0.5) is 0 Å². The summed E-state index contributed by atoms with van der Waals surface area (Å²) in [7, 11) is 7.29. The number of aryl methyl sites for hydroxylation is 1. The first-order chi connectivity index (χ1) is 14.4. The summed E-state index contributed by atoms with van der Waals surface area (Å²) in [6.07, 6.45) is 0. The predicted octanol–water partition coefficient (Wildman–Crippen LogP) is 4.13. The summed E-state index contributed by atoms with van der Waals surface area (Å²) in [5.41, 5.74) is 3.90. The minimum atomic E-state index is -0.117. The monoisotopic (exact) mass is 425 g/mol. The average Bonchev–Trinajstić information content (AvgIpc) is 3.13. The highest BCUT2D eigenvalue weighted by atomic mass is 32.1. The molecule has 3 aromatic rings. The second-order valence-electron chi connectivity index (χ2n) is 7.24. The van der Waals surface area contributed by atoms with E-state index in [1.165, 1.54) is 16.9 Å². The molecule has 7 heteroatoms.